The summed E-state index contributed by atoms with van der Waals surface area (Å²) in [6, 6.07) is 31.3. The topological polar surface area (TPSA) is 83.9 Å². The smallest absolute Gasteiger partial charge is 0.327 e. The van der Waals surface area contributed by atoms with Gasteiger partial charge in [0.15, 0.2) is 6.04 Å². The van der Waals surface area contributed by atoms with E-state index in [1.165, 1.54) is 16.4 Å². The second-order valence-electron chi connectivity index (χ2n) is 9.74. The molecule has 4 aromatic rings. The van der Waals surface area contributed by atoms with Crippen molar-refractivity contribution in [1.29, 1.82) is 0 Å². The van der Waals surface area contributed by atoms with Crippen LogP contribution in [0.1, 0.15) is 41.1 Å². The Morgan fingerprint density at radius 3 is 1.87 bits per heavy atom. The van der Waals surface area contributed by atoms with E-state index < -0.39 is 39.6 Å². The van der Waals surface area contributed by atoms with Gasteiger partial charge in [0.05, 0.1) is 17.5 Å². The fourth-order valence-corrected chi connectivity index (χ4v) is 7.46. The highest BCUT2D eigenvalue weighted by molar-refractivity contribution is 7.89. The van der Waals surface area contributed by atoms with Crippen LogP contribution in [0.15, 0.2) is 120 Å². The van der Waals surface area contributed by atoms with Crippen LogP contribution in [0.25, 0.3) is 0 Å². The summed E-state index contributed by atoms with van der Waals surface area (Å²) in [7, 11) is -4.31. The zero-order chi connectivity index (χ0) is 27.6. The van der Waals surface area contributed by atoms with E-state index >= 15 is 0 Å². The molecule has 0 saturated carbocycles. The van der Waals surface area contributed by atoms with Gasteiger partial charge in [-0.05, 0) is 42.7 Å². The van der Waals surface area contributed by atoms with Gasteiger partial charge in [-0.1, -0.05) is 109 Å². The van der Waals surface area contributed by atoms with Gasteiger partial charge in [-0.3, -0.25) is 4.79 Å². The van der Waals surface area contributed by atoms with Crippen molar-refractivity contribution in [3.63, 3.8) is 0 Å². The third-order valence-corrected chi connectivity index (χ3v) is 9.24. The molecule has 0 amide bonds. The van der Waals surface area contributed by atoms with Crippen molar-refractivity contribution in [2.75, 3.05) is 6.61 Å². The van der Waals surface area contributed by atoms with E-state index in [-0.39, 0.29) is 11.5 Å². The molecule has 1 N–H and O–H groups in total. The minimum atomic E-state index is -4.31. The molecule has 0 radical (unpaired) electrons. The number of carbonyl (C=O) groups excluding carboxylic acids is 1. The van der Waals surface area contributed by atoms with E-state index in [1.807, 2.05) is 73.7 Å². The Morgan fingerprint density at radius 1 is 0.821 bits per heavy atom. The molecule has 4 aromatic carbocycles. The summed E-state index contributed by atoms with van der Waals surface area (Å²) in [6.45, 7) is 3.57. The van der Waals surface area contributed by atoms with Gasteiger partial charge in [0.25, 0.3) is 0 Å². The Labute approximate surface area is 229 Å². The van der Waals surface area contributed by atoms with Crippen LogP contribution >= 0.6 is 0 Å². The minimum Gasteiger partial charge on any atom is -0.465 e. The molecule has 0 spiro atoms. The number of hydrogen-bond donors (Lipinski definition) is 1. The van der Waals surface area contributed by atoms with Gasteiger partial charge >= 0.3 is 5.97 Å². The monoisotopic (exact) mass is 541 g/mol. The maximum Gasteiger partial charge on any atom is 0.327 e. The van der Waals surface area contributed by atoms with Crippen molar-refractivity contribution in [2.24, 2.45) is 0 Å². The van der Waals surface area contributed by atoms with Gasteiger partial charge in [0, 0.05) is 5.92 Å². The molecule has 0 aromatic heterocycles. The van der Waals surface area contributed by atoms with E-state index in [4.69, 9.17) is 4.74 Å². The predicted octanol–water partition coefficient (Wildman–Crippen LogP) is 5.34. The molecule has 39 heavy (non-hydrogen) atoms. The second kappa shape index (κ2) is 10.8. The maximum absolute atomic E-state index is 14.6. The van der Waals surface area contributed by atoms with Crippen LogP contribution in [-0.2, 0) is 25.2 Å². The van der Waals surface area contributed by atoms with E-state index in [0.717, 1.165) is 5.56 Å². The number of carbonyl (C=O) groups is 1. The lowest BCUT2D eigenvalue weighted by Crippen LogP contribution is -2.52. The number of esters is 1. The Hall–Kier alpha value is -3.78. The molecule has 1 saturated heterocycles. The van der Waals surface area contributed by atoms with Crippen LogP contribution in [0.4, 0.5) is 0 Å². The molecular weight excluding hydrogens is 510 g/mol. The Kier molecular flexibility index (Phi) is 7.40. The van der Waals surface area contributed by atoms with E-state index in [9.17, 15) is 18.3 Å². The predicted molar refractivity (Wildman–Crippen MR) is 149 cm³/mol. The van der Waals surface area contributed by atoms with Gasteiger partial charge in [-0.2, -0.15) is 4.31 Å². The average Bonchev–Trinajstić information content (AvgIpc) is 3.26. The molecule has 5 rings (SSSR count). The highest BCUT2D eigenvalue weighted by Crippen LogP contribution is 2.59. The van der Waals surface area contributed by atoms with Crippen LogP contribution in [0.2, 0.25) is 0 Å². The van der Waals surface area contributed by atoms with Crippen molar-refractivity contribution in [2.45, 2.75) is 42.3 Å². The van der Waals surface area contributed by atoms with Crippen molar-refractivity contribution in [3.8, 4) is 0 Å². The van der Waals surface area contributed by atoms with Gasteiger partial charge in [-0.25, -0.2) is 8.42 Å². The number of aliphatic hydroxyl groups is 1. The van der Waals surface area contributed by atoms with E-state index in [2.05, 4.69) is 0 Å². The molecule has 200 valence electrons. The molecule has 7 heteroatoms. The number of ether oxygens (including phenoxy) is 1. The van der Waals surface area contributed by atoms with E-state index in [1.54, 1.807) is 43.3 Å². The molecule has 4 atom stereocenters. The molecule has 1 heterocycles. The molecule has 1 fully saturated rings. The number of nitrogens with zero attached hydrogens (tertiary/aromatic N) is 1. The van der Waals surface area contributed by atoms with Crippen molar-refractivity contribution in [1.82, 2.24) is 4.31 Å². The van der Waals surface area contributed by atoms with Crippen LogP contribution in [0, 0.1) is 6.92 Å². The van der Waals surface area contributed by atoms with Gasteiger partial charge in [0.1, 0.15) is 5.60 Å². The molecule has 1 aliphatic heterocycles. The maximum atomic E-state index is 14.6. The number of sulfonamides is 1. The quantitative estimate of drug-likeness (QED) is 0.319. The fourth-order valence-electron chi connectivity index (χ4n) is 5.67. The van der Waals surface area contributed by atoms with Crippen LogP contribution in [0.3, 0.4) is 0 Å². The summed E-state index contributed by atoms with van der Waals surface area (Å²) in [5.41, 5.74) is 0.740. The van der Waals surface area contributed by atoms with Crippen LogP contribution in [0.5, 0.6) is 0 Å². The highest BCUT2D eigenvalue weighted by atomic mass is 32.2. The Balaban J connectivity index is 1.87. The number of rotatable bonds is 7. The molecule has 1 aliphatic rings. The molecule has 0 unspecified atom stereocenters. The first-order valence-corrected chi connectivity index (χ1v) is 14.4. The summed E-state index contributed by atoms with van der Waals surface area (Å²) in [4.78, 5) is 13.9. The number of aryl methyl sites for hydroxylation is 1. The van der Waals surface area contributed by atoms with Crippen molar-refractivity contribution in [3.05, 3.63) is 138 Å². The lowest BCUT2D eigenvalue weighted by Gasteiger charge is -2.35. The standard InChI is InChI=1S/C32H31NO5S/c1-3-38-31(34)30-32(35,26-17-11-6-12-18-26)28(24-13-7-4-8-14-24)29(25-15-9-5-10-16-25)33(30)39(36,37)27-21-19-23(2)20-22-27/h4-22,28-30,35H,3H2,1-2H3/t28-,29+,30-,32-/m1/s1. The molecule has 0 aliphatic carbocycles. The van der Waals surface area contributed by atoms with Crippen molar-refractivity contribution < 1.29 is 23.1 Å². The summed E-state index contributed by atoms with van der Waals surface area (Å²) < 4.78 is 35.8. The van der Waals surface area contributed by atoms with Gasteiger partial charge < -0.3 is 9.84 Å². The number of hydrogen-bond acceptors (Lipinski definition) is 5. The largest absolute Gasteiger partial charge is 0.465 e. The van der Waals surface area contributed by atoms with E-state index in [0.29, 0.717) is 16.7 Å². The Bertz CT molecular complexity index is 1530. The third-order valence-electron chi connectivity index (χ3n) is 7.38. The number of benzene rings is 4. The van der Waals surface area contributed by atoms with Gasteiger partial charge in [-0.15, -0.1) is 0 Å². The summed E-state index contributed by atoms with van der Waals surface area (Å²) >= 11 is 0. The summed E-state index contributed by atoms with van der Waals surface area (Å²) in [5, 5.41) is 12.9. The molecule has 6 nitrogen and oxygen atoms in total. The first-order chi connectivity index (χ1) is 18.8. The Morgan fingerprint density at radius 2 is 1.33 bits per heavy atom. The minimum absolute atomic E-state index is 0.0324. The van der Waals surface area contributed by atoms with Crippen LogP contribution < -0.4 is 0 Å². The molecule has 0 bridgehead atoms. The molecular formula is C32H31NO5S. The highest BCUT2D eigenvalue weighted by Gasteiger charge is 2.66. The average molecular weight is 542 g/mol. The van der Waals surface area contributed by atoms with Crippen LogP contribution in [-0.4, -0.2) is 36.4 Å². The van der Waals surface area contributed by atoms with Gasteiger partial charge in [0.2, 0.25) is 10.0 Å². The summed E-state index contributed by atoms with van der Waals surface area (Å²) in [6.07, 6.45) is 0. The summed E-state index contributed by atoms with van der Waals surface area (Å²) in [5.74, 6) is -1.64. The fraction of sp³-hybridized carbons (Fsp3) is 0.219. The van der Waals surface area contributed by atoms with Crippen molar-refractivity contribution >= 4 is 16.0 Å². The first-order valence-electron chi connectivity index (χ1n) is 12.9. The SMILES string of the molecule is CCOC(=O)[C@H]1N(S(=O)(=O)c2ccc(C)cc2)[C@@H](c2ccccc2)[C@@H](c2ccccc2)[C@]1(O)c1ccccc1. The lowest BCUT2D eigenvalue weighted by molar-refractivity contribution is -0.155. The zero-order valence-corrected chi connectivity index (χ0v) is 22.7. The zero-order valence-electron chi connectivity index (χ0n) is 21.8. The lowest BCUT2D eigenvalue weighted by atomic mass is 9.72. The normalized spacial score (nSPS) is 23.4. The third kappa shape index (κ3) is 4.67. The first kappa shape index (κ1) is 26.8. The second-order valence-corrected chi connectivity index (χ2v) is 11.6.